The molecule has 0 fully saturated rings. The summed E-state index contributed by atoms with van der Waals surface area (Å²) in [5, 5.41) is 17.1. The highest BCUT2D eigenvalue weighted by Gasteiger charge is 2.15. The van der Waals surface area contributed by atoms with E-state index in [0.29, 0.717) is 6.54 Å². The molecule has 0 unspecified atom stereocenters. The number of hydrogen-bond acceptors (Lipinski definition) is 5. The van der Waals surface area contributed by atoms with Crippen molar-refractivity contribution in [1.29, 1.82) is 0 Å². The number of aryl methyl sites for hydroxylation is 1. The van der Waals surface area contributed by atoms with E-state index < -0.39 is 4.92 Å². The average Bonchev–Trinajstić information content (AvgIpc) is 2.77. The van der Waals surface area contributed by atoms with Gasteiger partial charge >= 0.3 is 5.82 Å². The highest BCUT2D eigenvalue weighted by atomic mass is 32.1. The molecule has 0 atom stereocenters. The molecule has 0 aliphatic carbocycles. The zero-order valence-corrected chi connectivity index (χ0v) is 8.77. The van der Waals surface area contributed by atoms with Crippen molar-refractivity contribution < 1.29 is 4.92 Å². The molecular formula is C8H8N4O2S. The van der Waals surface area contributed by atoms with Crippen LogP contribution in [-0.2, 0) is 6.54 Å². The fourth-order valence-electron chi connectivity index (χ4n) is 1.20. The molecule has 0 aromatic carbocycles. The van der Waals surface area contributed by atoms with Crippen LogP contribution < -0.4 is 0 Å². The van der Waals surface area contributed by atoms with Gasteiger partial charge in [0.25, 0.3) is 0 Å². The minimum atomic E-state index is -0.495. The van der Waals surface area contributed by atoms with Crippen molar-refractivity contribution in [3.05, 3.63) is 38.5 Å². The SMILES string of the molecule is Cc1cc([N+](=O)[O-])nn1Cc1nccs1. The van der Waals surface area contributed by atoms with Gasteiger partial charge in [-0.1, -0.05) is 0 Å². The lowest BCUT2D eigenvalue weighted by atomic mass is 10.4. The maximum atomic E-state index is 10.5. The molecule has 0 bridgehead atoms. The van der Waals surface area contributed by atoms with Crippen molar-refractivity contribution >= 4 is 17.2 Å². The Morgan fingerprint density at radius 2 is 2.47 bits per heavy atom. The van der Waals surface area contributed by atoms with E-state index in [0.717, 1.165) is 10.7 Å². The van der Waals surface area contributed by atoms with Crippen molar-refractivity contribution in [2.75, 3.05) is 0 Å². The molecule has 0 saturated heterocycles. The normalized spacial score (nSPS) is 10.5. The van der Waals surface area contributed by atoms with Crippen molar-refractivity contribution in [3.8, 4) is 0 Å². The van der Waals surface area contributed by atoms with Crippen LogP contribution in [0.1, 0.15) is 10.7 Å². The minimum Gasteiger partial charge on any atom is -0.358 e. The second-order valence-electron chi connectivity index (χ2n) is 2.98. The Bertz CT molecular complexity index is 477. The summed E-state index contributed by atoms with van der Waals surface area (Å²) in [5.74, 6) is -0.121. The lowest BCUT2D eigenvalue weighted by molar-refractivity contribution is -0.389. The Kier molecular flexibility index (Phi) is 2.46. The third-order valence-electron chi connectivity index (χ3n) is 1.92. The van der Waals surface area contributed by atoms with Crippen LogP contribution in [0.25, 0.3) is 0 Å². The molecule has 6 nitrogen and oxygen atoms in total. The largest absolute Gasteiger partial charge is 0.390 e. The van der Waals surface area contributed by atoms with E-state index >= 15 is 0 Å². The number of thiazole rings is 1. The number of nitrogens with zero attached hydrogens (tertiary/aromatic N) is 4. The molecule has 0 saturated carbocycles. The summed E-state index contributed by atoms with van der Waals surface area (Å²) in [6.07, 6.45) is 1.70. The Hall–Kier alpha value is -1.76. The van der Waals surface area contributed by atoms with Crippen molar-refractivity contribution in [3.63, 3.8) is 0 Å². The van der Waals surface area contributed by atoms with Crippen LogP contribution >= 0.6 is 11.3 Å². The molecule has 2 aromatic heterocycles. The first-order chi connectivity index (χ1) is 7.16. The number of aromatic nitrogens is 3. The van der Waals surface area contributed by atoms with Crippen LogP contribution in [0.2, 0.25) is 0 Å². The van der Waals surface area contributed by atoms with E-state index in [1.165, 1.54) is 17.4 Å². The summed E-state index contributed by atoms with van der Waals surface area (Å²) < 4.78 is 1.58. The molecular weight excluding hydrogens is 216 g/mol. The van der Waals surface area contributed by atoms with Gasteiger partial charge in [0, 0.05) is 11.6 Å². The summed E-state index contributed by atoms with van der Waals surface area (Å²) >= 11 is 1.50. The van der Waals surface area contributed by atoms with E-state index in [9.17, 15) is 10.1 Å². The van der Waals surface area contributed by atoms with Gasteiger partial charge in [-0.2, -0.15) is 4.68 Å². The predicted octanol–water partition coefficient (Wildman–Crippen LogP) is 1.60. The second kappa shape index (κ2) is 3.77. The molecule has 2 aromatic rings. The molecule has 0 amide bonds. The van der Waals surface area contributed by atoms with E-state index in [1.807, 2.05) is 5.38 Å². The van der Waals surface area contributed by atoms with Gasteiger partial charge in [0.2, 0.25) is 0 Å². The molecule has 7 heteroatoms. The number of hydrogen-bond donors (Lipinski definition) is 0. The molecule has 0 N–H and O–H groups in total. The van der Waals surface area contributed by atoms with E-state index in [-0.39, 0.29) is 5.82 Å². The zero-order valence-electron chi connectivity index (χ0n) is 7.95. The van der Waals surface area contributed by atoms with Crippen LogP contribution in [0, 0.1) is 17.0 Å². The van der Waals surface area contributed by atoms with Gasteiger partial charge in [-0.3, -0.25) is 0 Å². The van der Waals surface area contributed by atoms with Crippen molar-refractivity contribution in [1.82, 2.24) is 14.8 Å². The lowest BCUT2D eigenvalue weighted by Crippen LogP contribution is -2.03. The van der Waals surface area contributed by atoms with Crippen LogP contribution in [0.5, 0.6) is 0 Å². The first-order valence-corrected chi connectivity index (χ1v) is 5.12. The third kappa shape index (κ3) is 2.01. The molecule has 0 radical (unpaired) electrons. The van der Waals surface area contributed by atoms with Crippen LogP contribution in [0.15, 0.2) is 17.6 Å². The minimum absolute atomic E-state index is 0.121. The Balaban J connectivity index is 2.25. The van der Waals surface area contributed by atoms with E-state index in [2.05, 4.69) is 10.1 Å². The Labute approximate surface area is 89.3 Å². The van der Waals surface area contributed by atoms with Crippen LogP contribution in [0.4, 0.5) is 5.82 Å². The zero-order chi connectivity index (χ0) is 10.8. The van der Waals surface area contributed by atoms with Gasteiger partial charge < -0.3 is 10.1 Å². The first-order valence-electron chi connectivity index (χ1n) is 4.24. The maximum absolute atomic E-state index is 10.5. The molecule has 2 rings (SSSR count). The summed E-state index contributed by atoms with van der Waals surface area (Å²) in [5.41, 5.74) is 0.761. The maximum Gasteiger partial charge on any atom is 0.390 e. The number of nitro groups is 1. The Morgan fingerprint density at radius 1 is 1.67 bits per heavy atom. The highest BCUT2D eigenvalue weighted by molar-refractivity contribution is 7.09. The molecule has 78 valence electrons. The van der Waals surface area contributed by atoms with Gasteiger partial charge in [0.1, 0.15) is 11.6 Å². The van der Waals surface area contributed by atoms with Gasteiger partial charge in [-0.05, 0) is 11.8 Å². The molecule has 0 spiro atoms. The molecule has 0 aliphatic rings. The van der Waals surface area contributed by atoms with E-state index in [1.54, 1.807) is 17.8 Å². The fourth-order valence-corrected chi connectivity index (χ4v) is 1.80. The monoisotopic (exact) mass is 224 g/mol. The lowest BCUT2D eigenvalue weighted by Gasteiger charge is -1.94. The van der Waals surface area contributed by atoms with E-state index in [4.69, 9.17) is 0 Å². The van der Waals surface area contributed by atoms with Gasteiger partial charge in [-0.15, -0.1) is 11.3 Å². The fraction of sp³-hybridized carbons (Fsp3) is 0.250. The van der Waals surface area contributed by atoms with Gasteiger partial charge in [-0.25, -0.2) is 4.98 Å². The smallest absolute Gasteiger partial charge is 0.358 e. The van der Waals surface area contributed by atoms with Gasteiger partial charge in [0.15, 0.2) is 0 Å². The first kappa shape index (κ1) is 9.78. The predicted molar refractivity (Wildman–Crippen MR) is 54.8 cm³/mol. The summed E-state index contributed by atoms with van der Waals surface area (Å²) in [7, 11) is 0. The van der Waals surface area contributed by atoms with Crippen LogP contribution in [0.3, 0.4) is 0 Å². The molecule has 15 heavy (non-hydrogen) atoms. The summed E-state index contributed by atoms with van der Waals surface area (Å²) in [6, 6.07) is 1.45. The summed E-state index contributed by atoms with van der Waals surface area (Å²) in [6.45, 7) is 2.27. The highest BCUT2D eigenvalue weighted by Crippen LogP contribution is 2.13. The van der Waals surface area contributed by atoms with Crippen molar-refractivity contribution in [2.24, 2.45) is 0 Å². The van der Waals surface area contributed by atoms with Gasteiger partial charge in [0.05, 0.1) is 16.9 Å². The standard InChI is InChI=1S/C8H8N4O2S/c1-6-4-7(12(13)14)10-11(6)5-8-9-2-3-15-8/h2-4H,5H2,1H3. The molecule has 0 aliphatic heterocycles. The quantitative estimate of drug-likeness (QED) is 0.586. The third-order valence-corrected chi connectivity index (χ3v) is 2.69. The molecule has 2 heterocycles. The number of rotatable bonds is 3. The Morgan fingerprint density at radius 3 is 3.00 bits per heavy atom. The average molecular weight is 224 g/mol. The van der Waals surface area contributed by atoms with Crippen molar-refractivity contribution in [2.45, 2.75) is 13.5 Å². The van der Waals surface area contributed by atoms with Crippen LogP contribution in [-0.4, -0.2) is 19.7 Å². The summed E-state index contributed by atoms with van der Waals surface area (Å²) in [4.78, 5) is 14.1. The topological polar surface area (TPSA) is 73.8 Å². The second-order valence-corrected chi connectivity index (χ2v) is 3.96.